The summed E-state index contributed by atoms with van der Waals surface area (Å²) in [7, 11) is 0. The van der Waals surface area contributed by atoms with Crippen molar-refractivity contribution in [1.82, 2.24) is 0 Å². The molecule has 0 saturated heterocycles. The van der Waals surface area contributed by atoms with Crippen LogP contribution in [-0.2, 0) is 0 Å². The Bertz CT molecular complexity index is 565. The first-order valence-corrected chi connectivity index (χ1v) is 7.63. The molecule has 0 aromatic rings. The van der Waals surface area contributed by atoms with Crippen molar-refractivity contribution in [1.29, 1.82) is 0 Å². The quantitative estimate of drug-likeness (QED) is 0.457. The van der Waals surface area contributed by atoms with Crippen molar-refractivity contribution < 1.29 is 62.9 Å². The lowest BCUT2D eigenvalue weighted by molar-refractivity contribution is -0.368. The zero-order chi connectivity index (χ0) is 22.4. The van der Waals surface area contributed by atoms with Crippen LogP contribution >= 0.6 is 0 Å². The third-order valence-corrected chi connectivity index (χ3v) is 4.50. The van der Waals surface area contributed by atoms with E-state index in [0.717, 1.165) is 0 Å². The Morgan fingerprint density at radius 2 is 0.964 bits per heavy atom. The van der Waals surface area contributed by atoms with Crippen molar-refractivity contribution >= 4 is 0 Å². The van der Waals surface area contributed by atoms with Crippen LogP contribution in [0.4, 0.5) is 52.7 Å². The maximum atomic E-state index is 13.1. The molecule has 0 spiro atoms. The molecule has 2 N–H and O–H groups in total. The molecule has 166 valence electrons. The van der Waals surface area contributed by atoms with Gasteiger partial charge in [0.1, 0.15) is 0 Å². The lowest BCUT2D eigenvalue weighted by Crippen LogP contribution is -2.60. The standard InChI is InChI=1S/C14H14F12O2/c15-11(16,17)9(27,12(18,19)20)6-7-4-2-1-3-5-8(7)10(28,13(21,22)23)14(24,25)26/h27-28H,1-6H2. The smallest absolute Gasteiger partial charge is 0.373 e. The van der Waals surface area contributed by atoms with Crippen LogP contribution in [0.25, 0.3) is 0 Å². The molecule has 0 aromatic carbocycles. The summed E-state index contributed by atoms with van der Waals surface area (Å²) in [6.45, 7) is 0. The second-order valence-electron chi connectivity index (χ2n) is 6.38. The lowest BCUT2D eigenvalue weighted by Gasteiger charge is -2.38. The van der Waals surface area contributed by atoms with Crippen LogP contribution in [0.5, 0.6) is 0 Å². The maximum Gasteiger partial charge on any atom is 0.430 e. The Balaban J connectivity index is 3.75. The van der Waals surface area contributed by atoms with E-state index in [1.54, 1.807) is 0 Å². The van der Waals surface area contributed by atoms with Crippen LogP contribution < -0.4 is 0 Å². The average molecular weight is 442 g/mol. The third-order valence-electron chi connectivity index (χ3n) is 4.50. The van der Waals surface area contributed by atoms with E-state index < -0.39 is 72.7 Å². The van der Waals surface area contributed by atoms with Gasteiger partial charge < -0.3 is 10.2 Å². The summed E-state index contributed by atoms with van der Waals surface area (Å²) < 4.78 is 156. The Labute approximate surface area is 149 Å². The van der Waals surface area contributed by atoms with Gasteiger partial charge >= 0.3 is 24.7 Å². The minimum atomic E-state index is -6.47. The van der Waals surface area contributed by atoms with Gasteiger partial charge in [-0.25, -0.2) is 0 Å². The van der Waals surface area contributed by atoms with Gasteiger partial charge in [-0.1, -0.05) is 12.0 Å². The van der Waals surface area contributed by atoms with E-state index in [-0.39, 0.29) is 12.8 Å². The van der Waals surface area contributed by atoms with E-state index in [4.69, 9.17) is 0 Å². The minimum absolute atomic E-state index is 0.102. The molecule has 0 aromatic heterocycles. The predicted octanol–water partition coefficient (Wildman–Crippen LogP) is 5.35. The highest BCUT2D eigenvalue weighted by molar-refractivity contribution is 5.32. The molecule has 28 heavy (non-hydrogen) atoms. The van der Waals surface area contributed by atoms with Crippen molar-refractivity contribution in [3.8, 4) is 0 Å². The summed E-state index contributed by atoms with van der Waals surface area (Å²) in [5.41, 5.74) is -14.8. The lowest BCUT2D eigenvalue weighted by atomic mass is 9.80. The van der Waals surface area contributed by atoms with Crippen LogP contribution in [0.15, 0.2) is 11.1 Å². The summed E-state index contributed by atoms with van der Waals surface area (Å²) in [6, 6.07) is 0. The first-order chi connectivity index (χ1) is 12.2. The Morgan fingerprint density at radius 3 is 1.32 bits per heavy atom. The minimum Gasteiger partial charge on any atom is -0.373 e. The van der Waals surface area contributed by atoms with E-state index >= 15 is 0 Å². The number of hydrogen-bond donors (Lipinski definition) is 2. The van der Waals surface area contributed by atoms with E-state index in [1.165, 1.54) is 0 Å². The predicted molar refractivity (Wildman–Crippen MR) is 68.8 cm³/mol. The largest absolute Gasteiger partial charge is 0.430 e. The number of aliphatic hydroxyl groups is 2. The molecule has 2 nitrogen and oxygen atoms in total. The Hall–Kier alpha value is -1.18. The van der Waals surface area contributed by atoms with E-state index in [9.17, 15) is 62.9 Å². The van der Waals surface area contributed by atoms with E-state index in [2.05, 4.69) is 0 Å². The van der Waals surface area contributed by atoms with Crippen molar-refractivity contribution in [2.45, 2.75) is 74.4 Å². The summed E-state index contributed by atoms with van der Waals surface area (Å²) in [5.74, 6) is 0. The molecule has 0 heterocycles. The molecule has 0 atom stereocenters. The molecule has 0 radical (unpaired) electrons. The first-order valence-electron chi connectivity index (χ1n) is 7.63. The van der Waals surface area contributed by atoms with Crippen LogP contribution in [0, 0.1) is 0 Å². The van der Waals surface area contributed by atoms with Gasteiger partial charge in [0, 0.05) is 6.42 Å². The molecule has 0 unspecified atom stereocenters. The molecule has 0 saturated carbocycles. The van der Waals surface area contributed by atoms with Gasteiger partial charge in [0.2, 0.25) is 0 Å². The van der Waals surface area contributed by atoms with Gasteiger partial charge in [-0.3, -0.25) is 0 Å². The van der Waals surface area contributed by atoms with Crippen LogP contribution in [0.3, 0.4) is 0 Å². The van der Waals surface area contributed by atoms with Crippen molar-refractivity contribution in [3.05, 3.63) is 11.1 Å². The molecule has 1 rings (SSSR count). The van der Waals surface area contributed by atoms with Crippen LogP contribution in [0.2, 0.25) is 0 Å². The van der Waals surface area contributed by atoms with Gasteiger partial charge in [0.05, 0.1) is 0 Å². The second-order valence-corrected chi connectivity index (χ2v) is 6.38. The zero-order valence-electron chi connectivity index (χ0n) is 13.7. The molecule has 14 heteroatoms. The van der Waals surface area contributed by atoms with Crippen molar-refractivity contribution in [3.63, 3.8) is 0 Å². The Kier molecular flexibility index (Phi) is 6.44. The van der Waals surface area contributed by atoms with E-state index in [0.29, 0.717) is 0 Å². The normalized spacial score (nSPS) is 19.1. The summed E-state index contributed by atoms with van der Waals surface area (Å²) in [5, 5.41) is 18.6. The fourth-order valence-electron chi connectivity index (χ4n) is 2.95. The fourth-order valence-corrected chi connectivity index (χ4v) is 2.95. The van der Waals surface area contributed by atoms with E-state index in [1.807, 2.05) is 0 Å². The molecular weight excluding hydrogens is 428 g/mol. The highest BCUT2D eigenvalue weighted by Gasteiger charge is 2.74. The van der Waals surface area contributed by atoms with Gasteiger partial charge in [-0.2, -0.15) is 52.7 Å². The third kappa shape index (κ3) is 4.21. The Morgan fingerprint density at radius 1 is 0.571 bits per heavy atom. The van der Waals surface area contributed by atoms with Gasteiger partial charge in [-0.15, -0.1) is 0 Å². The average Bonchev–Trinajstić information content (AvgIpc) is 2.67. The molecule has 1 aliphatic carbocycles. The van der Waals surface area contributed by atoms with Crippen molar-refractivity contribution in [2.24, 2.45) is 0 Å². The van der Waals surface area contributed by atoms with Crippen LogP contribution in [0.1, 0.15) is 38.5 Å². The summed E-state index contributed by atoms with van der Waals surface area (Å²) in [4.78, 5) is 0. The highest BCUT2D eigenvalue weighted by Crippen LogP contribution is 2.54. The number of alkyl halides is 12. The molecule has 0 aliphatic heterocycles. The SMILES string of the molecule is OC(CC1=C(C(O)(C(F)(F)F)C(F)(F)F)CCCCC1)(C(F)(F)F)C(F)(F)F. The monoisotopic (exact) mass is 442 g/mol. The number of halogens is 12. The molecular formula is C14H14F12O2. The maximum absolute atomic E-state index is 13.1. The zero-order valence-corrected chi connectivity index (χ0v) is 13.7. The topological polar surface area (TPSA) is 40.5 Å². The molecule has 0 fully saturated rings. The molecule has 1 aliphatic rings. The van der Waals surface area contributed by atoms with Crippen LogP contribution in [-0.4, -0.2) is 46.1 Å². The van der Waals surface area contributed by atoms with Gasteiger partial charge in [0.15, 0.2) is 0 Å². The number of hydrogen-bond acceptors (Lipinski definition) is 2. The molecule has 0 amide bonds. The highest BCUT2D eigenvalue weighted by atomic mass is 19.4. The molecule has 0 bridgehead atoms. The first kappa shape index (κ1) is 24.9. The number of rotatable bonds is 3. The summed E-state index contributed by atoms with van der Waals surface area (Å²) in [6.07, 6.45) is -31.5. The second kappa shape index (κ2) is 7.26. The van der Waals surface area contributed by atoms with Gasteiger partial charge in [0.25, 0.3) is 11.2 Å². The summed E-state index contributed by atoms with van der Waals surface area (Å²) >= 11 is 0. The van der Waals surface area contributed by atoms with Crippen molar-refractivity contribution in [2.75, 3.05) is 0 Å². The van der Waals surface area contributed by atoms with Gasteiger partial charge in [-0.05, 0) is 31.3 Å². The fraction of sp³-hybridized carbons (Fsp3) is 0.857.